The number of ketones is 1. The third-order valence-electron chi connectivity index (χ3n) is 4.34. The van der Waals surface area contributed by atoms with Gasteiger partial charge in [-0.2, -0.15) is 0 Å². The Morgan fingerprint density at radius 2 is 1.48 bits per heavy atom. The molecule has 3 aromatic carbocycles. The van der Waals surface area contributed by atoms with Gasteiger partial charge in [-0.05, 0) is 35.0 Å². The molecular formula is C21H14O5S. The topological polar surface area (TPSA) is 81.4 Å². The highest BCUT2D eigenvalue weighted by atomic mass is 32.2. The van der Waals surface area contributed by atoms with E-state index in [4.69, 9.17) is 4.42 Å². The summed E-state index contributed by atoms with van der Waals surface area (Å²) in [6.45, 7) is 0. The molecule has 0 aliphatic rings. The van der Waals surface area contributed by atoms with Crippen molar-refractivity contribution >= 4 is 37.4 Å². The second kappa shape index (κ2) is 6.48. The first-order valence-electron chi connectivity index (χ1n) is 8.22. The lowest BCUT2D eigenvalue weighted by molar-refractivity contribution is 0.101. The van der Waals surface area contributed by atoms with Gasteiger partial charge in [0.05, 0.1) is 4.90 Å². The van der Waals surface area contributed by atoms with Crippen molar-refractivity contribution in [2.75, 3.05) is 5.75 Å². The number of hydrogen-bond donors (Lipinski definition) is 0. The second-order valence-corrected chi connectivity index (χ2v) is 8.17. The molecule has 1 heterocycles. The van der Waals surface area contributed by atoms with Crippen molar-refractivity contribution in [3.05, 3.63) is 88.8 Å². The smallest absolute Gasteiger partial charge is 0.347 e. The van der Waals surface area contributed by atoms with E-state index in [0.29, 0.717) is 11.0 Å². The van der Waals surface area contributed by atoms with Crippen LogP contribution < -0.4 is 5.63 Å². The van der Waals surface area contributed by atoms with Gasteiger partial charge in [-0.25, -0.2) is 13.2 Å². The number of benzene rings is 3. The largest absolute Gasteiger partial charge is 0.422 e. The van der Waals surface area contributed by atoms with Crippen molar-refractivity contribution in [3.8, 4) is 0 Å². The fourth-order valence-corrected chi connectivity index (χ4v) is 4.20. The first-order valence-corrected chi connectivity index (χ1v) is 9.87. The Hall–Kier alpha value is -3.25. The number of carbonyl (C=O) groups is 1. The van der Waals surface area contributed by atoms with Crippen molar-refractivity contribution in [2.24, 2.45) is 0 Å². The van der Waals surface area contributed by atoms with E-state index in [-0.39, 0.29) is 10.5 Å². The van der Waals surface area contributed by atoms with Crippen molar-refractivity contribution in [1.82, 2.24) is 0 Å². The third kappa shape index (κ3) is 3.27. The maximum atomic E-state index is 12.7. The quantitative estimate of drug-likeness (QED) is 0.400. The summed E-state index contributed by atoms with van der Waals surface area (Å²) in [5.41, 5.74) is -0.762. The summed E-state index contributed by atoms with van der Waals surface area (Å²) >= 11 is 0. The molecule has 4 rings (SSSR count). The highest BCUT2D eigenvalue weighted by Crippen LogP contribution is 2.21. The molecule has 0 saturated carbocycles. The van der Waals surface area contributed by atoms with E-state index >= 15 is 0 Å². The van der Waals surface area contributed by atoms with Crippen molar-refractivity contribution in [2.45, 2.75) is 4.90 Å². The average molecular weight is 378 g/mol. The molecule has 0 fully saturated rings. The molecule has 27 heavy (non-hydrogen) atoms. The number of fused-ring (bicyclic) bond motifs is 2. The van der Waals surface area contributed by atoms with Crippen LogP contribution in [0.25, 0.3) is 21.7 Å². The van der Waals surface area contributed by atoms with E-state index in [9.17, 15) is 18.0 Å². The van der Waals surface area contributed by atoms with Gasteiger partial charge in [0.25, 0.3) is 0 Å². The summed E-state index contributed by atoms with van der Waals surface area (Å²) in [6.07, 6.45) is 0. The predicted octanol–water partition coefficient (Wildman–Crippen LogP) is 3.60. The van der Waals surface area contributed by atoms with Crippen LogP contribution in [0, 0.1) is 0 Å². The maximum Gasteiger partial charge on any atom is 0.347 e. The Morgan fingerprint density at radius 3 is 2.26 bits per heavy atom. The molecule has 0 aliphatic carbocycles. The monoisotopic (exact) mass is 378 g/mol. The van der Waals surface area contributed by atoms with Crippen LogP contribution in [0.5, 0.6) is 0 Å². The Labute approximate surface area is 154 Å². The number of hydrogen-bond acceptors (Lipinski definition) is 5. The van der Waals surface area contributed by atoms with Crippen LogP contribution in [0.3, 0.4) is 0 Å². The molecule has 6 heteroatoms. The number of carbonyl (C=O) groups excluding carboxylic acids is 1. The molecule has 0 saturated heterocycles. The van der Waals surface area contributed by atoms with E-state index < -0.39 is 27.0 Å². The lowest BCUT2D eigenvalue weighted by Crippen LogP contribution is -2.22. The second-order valence-electron chi connectivity index (χ2n) is 6.18. The van der Waals surface area contributed by atoms with E-state index in [1.54, 1.807) is 36.4 Å². The molecule has 0 unspecified atom stereocenters. The molecule has 0 spiro atoms. The summed E-state index contributed by atoms with van der Waals surface area (Å²) in [5.74, 6) is -1.59. The van der Waals surface area contributed by atoms with Crippen LogP contribution in [-0.4, -0.2) is 20.0 Å². The van der Waals surface area contributed by atoms with Gasteiger partial charge in [0, 0.05) is 5.39 Å². The van der Waals surface area contributed by atoms with E-state index in [1.165, 1.54) is 18.2 Å². The van der Waals surface area contributed by atoms with Crippen molar-refractivity contribution in [1.29, 1.82) is 0 Å². The highest BCUT2D eigenvalue weighted by molar-refractivity contribution is 7.92. The Kier molecular flexibility index (Phi) is 4.12. The Bertz CT molecular complexity index is 1350. The van der Waals surface area contributed by atoms with Crippen molar-refractivity contribution < 1.29 is 17.6 Å². The first-order chi connectivity index (χ1) is 12.9. The first kappa shape index (κ1) is 17.2. The summed E-state index contributed by atoms with van der Waals surface area (Å²) in [6, 6.07) is 20.1. The van der Waals surface area contributed by atoms with Crippen molar-refractivity contribution in [3.63, 3.8) is 0 Å². The van der Waals surface area contributed by atoms with Crippen LogP contribution >= 0.6 is 0 Å². The zero-order chi connectivity index (χ0) is 19.0. The van der Waals surface area contributed by atoms with Gasteiger partial charge >= 0.3 is 5.63 Å². The van der Waals surface area contributed by atoms with E-state index in [0.717, 1.165) is 10.8 Å². The summed E-state index contributed by atoms with van der Waals surface area (Å²) in [7, 11) is -3.90. The molecule has 5 nitrogen and oxygen atoms in total. The summed E-state index contributed by atoms with van der Waals surface area (Å²) in [4.78, 5) is 24.7. The molecule has 0 atom stereocenters. The highest BCUT2D eigenvalue weighted by Gasteiger charge is 2.23. The third-order valence-corrected chi connectivity index (χ3v) is 5.96. The summed E-state index contributed by atoms with van der Waals surface area (Å²) in [5, 5.41) is 2.22. The number of rotatable bonds is 4. The Morgan fingerprint density at radius 1 is 0.815 bits per heavy atom. The molecule has 0 N–H and O–H groups in total. The van der Waals surface area contributed by atoms with Crippen LogP contribution in [0.15, 0.2) is 86.9 Å². The SMILES string of the molecule is O=C(CS(=O)(=O)c1ccc2ccccc2c1)c1cc2ccccc2oc1=O. The minimum absolute atomic E-state index is 0.0414. The van der Waals surface area contributed by atoms with Gasteiger partial charge in [-0.1, -0.05) is 48.5 Å². The van der Waals surface area contributed by atoms with Gasteiger partial charge in [-0.3, -0.25) is 4.79 Å². The van der Waals surface area contributed by atoms with E-state index in [1.807, 2.05) is 18.2 Å². The molecule has 0 aliphatic heterocycles. The van der Waals surface area contributed by atoms with Crippen LogP contribution in [-0.2, 0) is 9.84 Å². The fraction of sp³-hybridized carbons (Fsp3) is 0.0476. The van der Waals surface area contributed by atoms with Gasteiger partial charge in [-0.15, -0.1) is 0 Å². The molecule has 1 aromatic heterocycles. The molecular weight excluding hydrogens is 364 g/mol. The molecule has 0 amide bonds. The summed E-state index contributed by atoms with van der Waals surface area (Å²) < 4.78 is 30.5. The zero-order valence-electron chi connectivity index (χ0n) is 14.1. The molecule has 4 aromatic rings. The lowest BCUT2D eigenvalue weighted by atomic mass is 10.1. The molecule has 0 radical (unpaired) electrons. The fourth-order valence-electron chi connectivity index (χ4n) is 2.95. The number of sulfone groups is 1. The van der Waals surface area contributed by atoms with Crippen LogP contribution in [0.2, 0.25) is 0 Å². The lowest BCUT2D eigenvalue weighted by Gasteiger charge is -2.06. The van der Waals surface area contributed by atoms with Gasteiger partial charge in [0.15, 0.2) is 15.6 Å². The minimum atomic E-state index is -3.90. The normalized spacial score (nSPS) is 11.7. The molecule has 134 valence electrons. The van der Waals surface area contributed by atoms with Gasteiger partial charge < -0.3 is 4.42 Å². The number of Topliss-reactive ketones (excluding diaryl/α,β-unsaturated/α-hetero) is 1. The maximum absolute atomic E-state index is 12.7. The number of para-hydroxylation sites is 1. The van der Waals surface area contributed by atoms with Crippen LogP contribution in [0.1, 0.15) is 10.4 Å². The minimum Gasteiger partial charge on any atom is -0.422 e. The zero-order valence-corrected chi connectivity index (χ0v) is 14.9. The standard InChI is InChI=1S/C21H14O5S/c22-19(18-12-16-7-3-4-8-20(16)26-21(18)23)13-27(24,25)17-10-9-14-5-1-2-6-15(14)11-17/h1-12H,13H2. The average Bonchev–Trinajstić information content (AvgIpc) is 2.66. The van der Waals surface area contributed by atoms with Gasteiger partial charge in [0.1, 0.15) is 16.9 Å². The van der Waals surface area contributed by atoms with Gasteiger partial charge in [0.2, 0.25) is 0 Å². The Balaban J connectivity index is 1.70. The van der Waals surface area contributed by atoms with E-state index in [2.05, 4.69) is 0 Å². The predicted molar refractivity (Wildman–Crippen MR) is 103 cm³/mol. The van der Waals surface area contributed by atoms with Crippen LogP contribution in [0.4, 0.5) is 0 Å². The molecule has 0 bridgehead atoms.